The molecule has 1 aliphatic heterocycles. The molecule has 0 bridgehead atoms. The van der Waals surface area contributed by atoms with Crippen molar-refractivity contribution < 1.29 is 14.3 Å². The van der Waals surface area contributed by atoms with Crippen LogP contribution in [0.25, 0.3) is 0 Å². The normalized spacial score (nSPS) is 16.6. The quantitative estimate of drug-likeness (QED) is 0.643. The number of aromatic nitrogens is 1. The van der Waals surface area contributed by atoms with Gasteiger partial charge in [0, 0.05) is 35.6 Å². The highest BCUT2D eigenvalue weighted by atomic mass is 35.5. The molecule has 1 saturated heterocycles. The van der Waals surface area contributed by atoms with E-state index >= 15 is 0 Å². The maximum absolute atomic E-state index is 12.9. The van der Waals surface area contributed by atoms with E-state index in [9.17, 15) is 9.59 Å². The number of anilines is 1. The summed E-state index contributed by atoms with van der Waals surface area (Å²) in [6.45, 7) is 7.90. The average molecular weight is 451 g/mol. The van der Waals surface area contributed by atoms with Crippen LogP contribution in [0.1, 0.15) is 36.3 Å². The zero-order chi connectivity index (χ0) is 21.5. The van der Waals surface area contributed by atoms with Crippen LogP contribution in [0.15, 0.2) is 29.6 Å². The molecule has 162 valence electrons. The van der Waals surface area contributed by atoms with Gasteiger partial charge in [-0.15, -0.1) is 11.3 Å². The number of carbonyl (C=O) groups excluding carboxylic acids is 2. The third kappa shape index (κ3) is 6.25. The summed E-state index contributed by atoms with van der Waals surface area (Å²) in [6, 6.07) is 5.93. The van der Waals surface area contributed by atoms with E-state index < -0.39 is 6.04 Å². The van der Waals surface area contributed by atoms with Crippen LogP contribution in [-0.4, -0.2) is 54.0 Å². The molecule has 30 heavy (non-hydrogen) atoms. The fraction of sp³-hybridized carbons (Fsp3) is 0.476. The van der Waals surface area contributed by atoms with Crippen LogP contribution in [-0.2, 0) is 16.1 Å². The van der Waals surface area contributed by atoms with E-state index in [1.807, 2.05) is 19.2 Å². The minimum Gasteiger partial charge on any atom is -0.379 e. The average Bonchev–Trinajstić information content (AvgIpc) is 3.19. The van der Waals surface area contributed by atoms with Crippen molar-refractivity contribution in [3.8, 4) is 0 Å². The van der Waals surface area contributed by atoms with E-state index in [-0.39, 0.29) is 17.7 Å². The molecule has 1 aromatic carbocycles. The Morgan fingerprint density at radius 3 is 2.63 bits per heavy atom. The molecule has 2 unspecified atom stereocenters. The number of morpholine rings is 1. The van der Waals surface area contributed by atoms with Gasteiger partial charge >= 0.3 is 0 Å². The van der Waals surface area contributed by atoms with E-state index in [4.69, 9.17) is 16.3 Å². The number of nitrogens with zero attached hydrogens (tertiary/aromatic N) is 2. The van der Waals surface area contributed by atoms with Crippen molar-refractivity contribution >= 4 is 39.9 Å². The second-order valence-electron chi connectivity index (χ2n) is 7.37. The molecule has 2 atom stereocenters. The Morgan fingerprint density at radius 1 is 1.27 bits per heavy atom. The molecular formula is C21H27ClN4O3S. The molecular weight excluding hydrogens is 424 g/mol. The van der Waals surface area contributed by atoms with Crippen molar-refractivity contribution in [2.24, 2.45) is 5.92 Å². The Morgan fingerprint density at radius 2 is 1.97 bits per heavy atom. The van der Waals surface area contributed by atoms with Crippen LogP contribution in [0.3, 0.4) is 0 Å². The molecule has 2 aromatic rings. The topological polar surface area (TPSA) is 83.6 Å². The fourth-order valence-electron chi connectivity index (χ4n) is 3.14. The van der Waals surface area contributed by atoms with Crippen molar-refractivity contribution in [1.82, 2.24) is 15.2 Å². The summed E-state index contributed by atoms with van der Waals surface area (Å²) in [5.74, 6) is -0.604. The molecule has 1 aromatic heterocycles. The third-order valence-electron chi connectivity index (χ3n) is 5.16. The summed E-state index contributed by atoms with van der Waals surface area (Å²) in [6.07, 6.45) is 0.749. The summed E-state index contributed by atoms with van der Waals surface area (Å²) in [4.78, 5) is 32.3. The SMILES string of the molecule is CCC(C)C(NC(=O)c1ccc(Cl)cc1)C(=O)Nc1nc(CN2CCOCC2)cs1. The second-order valence-corrected chi connectivity index (χ2v) is 8.66. The number of hydrogen-bond donors (Lipinski definition) is 2. The number of hydrogen-bond acceptors (Lipinski definition) is 6. The Kier molecular flexibility index (Phi) is 8.21. The Hall–Kier alpha value is -2.00. The zero-order valence-corrected chi connectivity index (χ0v) is 18.8. The summed E-state index contributed by atoms with van der Waals surface area (Å²) >= 11 is 7.28. The maximum Gasteiger partial charge on any atom is 0.251 e. The van der Waals surface area contributed by atoms with E-state index in [0.29, 0.717) is 15.7 Å². The number of nitrogens with one attached hydrogen (secondary N) is 2. The Balaban J connectivity index is 1.62. The van der Waals surface area contributed by atoms with Gasteiger partial charge in [0.2, 0.25) is 5.91 Å². The maximum atomic E-state index is 12.9. The molecule has 0 saturated carbocycles. The molecule has 0 aliphatic carbocycles. The van der Waals surface area contributed by atoms with Crippen LogP contribution in [0.2, 0.25) is 5.02 Å². The molecule has 3 rings (SSSR count). The van der Waals surface area contributed by atoms with E-state index in [1.165, 1.54) is 11.3 Å². The number of carbonyl (C=O) groups is 2. The van der Waals surface area contributed by atoms with Crippen LogP contribution >= 0.6 is 22.9 Å². The number of benzene rings is 1. The molecule has 2 amide bonds. The van der Waals surface area contributed by atoms with Gasteiger partial charge in [-0.05, 0) is 30.2 Å². The molecule has 0 spiro atoms. The van der Waals surface area contributed by atoms with Crippen LogP contribution in [0.5, 0.6) is 0 Å². The van der Waals surface area contributed by atoms with Crippen molar-refractivity contribution in [1.29, 1.82) is 0 Å². The first-order valence-electron chi connectivity index (χ1n) is 10.1. The molecule has 7 nitrogen and oxygen atoms in total. The molecule has 0 radical (unpaired) electrons. The highest BCUT2D eigenvalue weighted by molar-refractivity contribution is 7.13. The summed E-state index contributed by atoms with van der Waals surface area (Å²) in [5, 5.41) is 8.78. The van der Waals surface area contributed by atoms with Gasteiger partial charge in [-0.2, -0.15) is 0 Å². The van der Waals surface area contributed by atoms with Gasteiger partial charge in [-0.1, -0.05) is 31.9 Å². The van der Waals surface area contributed by atoms with Gasteiger partial charge in [-0.25, -0.2) is 4.98 Å². The summed E-state index contributed by atoms with van der Waals surface area (Å²) in [7, 11) is 0. The van der Waals surface area contributed by atoms with Crippen molar-refractivity contribution in [2.45, 2.75) is 32.9 Å². The lowest BCUT2D eigenvalue weighted by molar-refractivity contribution is -0.119. The Bertz CT molecular complexity index is 852. The summed E-state index contributed by atoms with van der Waals surface area (Å²) in [5.41, 5.74) is 1.38. The zero-order valence-electron chi connectivity index (χ0n) is 17.2. The summed E-state index contributed by atoms with van der Waals surface area (Å²) < 4.78 is 5.37. The van der Waals surface area contributed by atoms with E-state index in [2.05, 4.69) is 20.5 Å². The van der Waals surface area contributed by atoms with Gasteiger partial charge < -0.3 is 15.4 Å². The predicted molar refractivity (Wildman–Crippen MR) is 119 cm³/mol. The van der Waals surface area contributed by atoms with Gasteiger partial charge in [-0.3, -0.25) is 14.5 Å². The van der Waals surface area contributed by atoms with Crippen LogP contribution in [0, 0.1) is 5.92 Å². The van der Waals surface area contributed by atoms with Crippen molar-refractivity contribution in [3.63, 3.8) is 0 Å². The molecule has 1 aliphatic rings. The minimum absolute atomic E-state index is 0.0333. The smallest absolute Gasteiger partial charge is 0.251 e. The number of ether oxygens (including phenoxy) is 1. The van der Waals surface area contributed by atoms with Gasteiger partial charge in [0.05, 0.1) is 18.9 Å². The van der Waals surface area contributed by atoms with Crippen molar-refractivity contribution in [3.05, 3.63) is 45.9 Å². The highest BCUT2D eigenvalue weighted by Gasteiger charge is 2.27. The number of thiazole rings is 1. The standard InChI is InChI=1S/C21H27ClN4O3S/c1-3-14(2)18(24-19(27)15-4-6-16(22)7-5-15)20(28)25-21-23-17(13-30-21)12-26-8-10-29-11-9-26/h4-7,13-14,18H,3,8-12H2,1-2H3,(H,24,27)(H,23,25,28). The number of rotatable bonds is 8. The highest BCUT2D eigenvalue weighted by Crippen LogP contribution is 2.19. The van der Waals surface area contributed by atoms with Crippen molar-refractivity contribution in [2.75, 3.05) is 31.6 Å². The molecule has 9 heteroatoms. The van der Waals surface area contributed by atoms with Crippen LogP contribution in [0.4, 0.5) is 5.13 Å². The monoisotopic (exact) mass is 450 g/mol. The lowest BCUT2D eigenvalue weighted by Crippen LogP contribution is -2.47. The largest absolute Gasteiger partial charge is 0.379 e. The van der Waals surface area contributed by atoms with Gasteiger partial charge in [0.15, 0.2) is 5.13 Å². The van der Waals surface area contributed by atoms with E-state index in [0.717, 1.165) is 45.0 Å². The lowest BCUT2D eigenvalue weighted by Gasteiger charge is -2.25. The first-order chi connectivity index (χ1) is 14.5. The second kappa shape index (κ2) is 10.9. The number of amides is 2. The molecule has 1 fully saturated rings. The van der Waals surface area contributed by atoms with Gasteiger partial charge in [0.25, 0.3) is 5.91 Å². The van der Waals surface area contributed by atoms with Gasteiger partial charge in [0.1, 0.15) is 6.04 Å². The molecule has 2 heterocycles. The predicted octanol–water partition coefficient (Wildman–Crippen LogP) is 3.41. The first-order valence-corrected chi connectivity index (χ1v) is 11.3. The number of halogens is 1. The minimum atomic E-state index is -0.662. The lowest BCUT2D eigenvalue weighted by atomic mass is 9.98. The third-order valence-corrected chi connectivity index (χ3v) is 6.22. The fourth-order valence-corrected chi connectivity index (χ4v) is 3.97. The first kappa shape index (κ1) is 22.7. The van der Waals surface area contributed by atoms with E-state index in [1.54, 1.807) is 24.3 Å². The molecule has 2 N–H and O–H groups in total. The Labute approximate surface area is 185 Å². The van der Waals surface area contributed by atoms with Crippen LogP contribution < -0.4 is 10.6 Å².